The number of nitrogens with zero attached hydrogens (tertiary/aromatic N) is 6. The van der Waals surface area contributed by atoms with Gasteiger partial charge in [-0.25, -0.2) is 4.98 Å². The van der Waals surface area contributed by atoms with Gasteiger partial charge in [0, 0.05) is 29.7 Å². The topological polar surface area (TPSA) is 58.8 Å². The highest BCUT2D eigenvalue weighted by molar-refractivity contribution is 7.15. The minimum Gasteiger partial charge on any atom is -0.491 e. The Morgan fingerprint density at radius 1 is 0.809 bits per heavy atom. The first-order valence-electron chi connectivity index (χ1n) is 18.2. The number of thiazole rings is 1. The Morgan fingerprint density at radius 3 is 1.91 bits per heavy atom. The summed E-state index contributed by atoms with van der Waals surface area (Å²) < 4.78 is 6.39. The minimum atomic E-state index is -0.212. The van der Waals surface area contributed by atoms with E-state index in [2.05, 4.69) is 83.5 Å². The van der Waals surface area contributed by atoms with Gasteiger partial charge in [-0.1, -0.05) is 136 Å². The summed E-state index contributed by atoms with van der Waals surface area (Å²) in [5, 5.41) is 9.69. The molecule has 0 aliphatic carbocycles. The van der Waals surface area contributed by atoms with E-state index in [-0.39, 0.29) is 11.2 Å². The highest BCUT2D eigenvalue weighted by Crippen LogP contribution is 2.39. The summed E-state index contributed by atoms with van der Waals surface area (Å²) in [5.41, 5.74) is 2.28. The van der Waals surface area contributed by atoms with Crippen molar-refractivity contribution in [3.8, 4) is 5.75 Å². The van der Waals surface area contributed by atoms with E-state index in [1.165, 1.54) is 107 Å². The fraction of sp³-hybridized carbons (Fsp3) is 0.667. The van der Waals surface area contributed by atoms with Crippen LogP contribution in [-0.4, -0.2) is 24.7 Å². The summed E-state index contributed by atoms with van der Waals surface area (Å²) in [6.45, 7) is 30.4. The maximum Gasteiger partial charge on any atom is 0.521 e. The Bertz CT molecular complexity index is 1280. The molecule has 0 N–H and O–H groups in total. The number of azo groups is 1. The molecule has 0 saturated carbocycles. The average Bonchev–Trinajstić information content (AvgIpc) is 3.48. The van der Waals surface area contributed by atoms with E-state index in [4.69, 9.17) is 17.9 Å². The predicted molar refractivity (Wildman–Crippen MR) is 201 cm³/mol. The second kappa shape index (κ2) is 23.2. The van der Waals surface area contributed by atoms with E-state index in [1.54, 1.807) is 6.08 Å². The van der Waals surface area contributed by atoms with Crippen LogP contribution in [0, 0.1) is 13.1 Å². The maximum atomic E-state index is 7.30. The molecular weight excluding hydrogens is 601 g/mol. The van der Waals surface area contributed by atoms with Gasteiger partial charge in [-0.15, -0.1) is 10.2 Å². The number of hydrogen-bond donors (Lipinski definition) is 0. The van der Waals surface area contributed by atoms with Crippen LogP contribution in [0.3, 0.4) is 0 Å². The van der Waals surface area contributed by atoms with Crippen LogP contribution in [0.15, 0.2) is 34.2 Å². The van der Waals surface area contributed by atoms with E-state index in [0.717, 1.165) is 36.6 Å². The van der Waals surface area contributed by atoms with Crippen LogP contribution in [0.5, 0.6) is 5.75 Å². The lowest BCUT2D eigenvalue weighted by atomic mass is 9.93. The lowest BCUT2D eigenvalue weighted by Crippen LogP contribution is -2.25. The highest BCUT2D eigenvalue weighted by Gasteiger charge is 2.24. The van der Waals surface area contributed by atoms with Crippen LogP contribution in [0.4, 0.5) is 16.5 Å². The summed E-state index contributed by atoms with van der Waals surface area (Å²) in [6.07, 6.45) is 21.6. The van der Waals surface area contributed by atoms with E-state index in [9.17, 15) is 0 Å². The lowest BCUT2D eigenvalue weighted by molar-refractivity contribution is 0.306. The summed E-state index contributed by atoms with van der Waals surface area (Å²) >= 11 is 1.45. The molecule has 47 heavy (non-hydrogen) atoms. The van der Waals surface area contributed by atoms with Crippen molar-refractivity contribution in [3.63, 3.8) is 0 Å². The van der Waals surface area contributed by atoms with Gasteiger partial charge in [0.15, 0.2) is 0 Å². The van der Waals surface area contributed by atoms with Crippen LogP contribution in [0.1, 0.15) is 155 Å². The average molecular weight is 661 g/mol. The first kappa shape index (κ1) is 39.9. The Labute approximate surface area is 290 Å². The Morgan fingerprint density at radius 2 is 1.36 bits per heavy atom. The zero-order chi connectivity index (χ0) is 34.3. The first-order valence-corrected chi connectivity index (χ1v) is 19.0. The van der Waals surface area contributed by atoms with Crippen molar-refractivity contribution in [1.82, 2.24) is 4.98 Å². The molecular formula is C39H60N6OS. The minimum absolute atomic E-state index is 0.00916. The molecule has 0 bridgehead atoms. The summed E-state index contributed by atoms with van der Waals surface area (Å²) in [4.78, 5) is 14.8. The second-order valence-electron chi connectivity index (χ2n) is 13.5. The van der Waals surface area contributed by atoms with E-state index < -0.39 is 0 Å². The summed E-state index contributed by atoms with van der Waals surface area (Å²) in [7, 11) is 0. The fourth-order valence-electron chi connectivity index (χ4n) is 5.45. The molecule has 258 valence electrons. The predicted octanol–water partition coefficient (Wildman–Crippen LogP) is 13.5. The third kappa shape index (κ3) is 15.5. The van der Waals surface area contributed by atoms with Gasteiger partial charge in [0.1, 0.15) is 24.6 Å². The molecule has 0 amide bonds. The largest absolute Gasteiger partial charge is 0.521 e. The number of anilines is 1. The number of rotatable bonds is 24. The molecule has 0 fully saturated rings. The van der Waals surface area contributed by atoms with E-state index in [0.29, 0.717) is 23.1 Å². The van der Waals surface area contributed by atoms with Gasteiger partial charge in [-0.3, -0.25) is 0 Å². The molecule has 1 aromatic carbocycles. The lowest BCUT2D eigenvalue weighted by Gasteiger charge is -2.26. The zero-order valence-corrected chi connectivity index (χ0v) is 31.1. The number of hydrogen-bond acceptors (Lipinski definition) is 6. The third-order valence-corrected chi connectivity index (χ3v) is 9.57. The van der Waals surface area contributed by atoms with Gasteiger partial charge in [0.2, 0.25) is 5.13 Å². The standard InChI is InChI=1S/C39H60N6OS/c1-9-12-15-18-20-22-27-45(28-23-21-19-16-13-10-2)32-25-26-33(35(30-32)46-29-24-17-14-11-3)43-44-38-42-34(31-36(40-7)41-8)37(47-38)39(4,5)6/h25-26,30-31H,9-24,27-29H2,1-6H3. The summed E-state index contributed by atoms with van der Waals surface area (Å²) in [6, 6.07) is 6.36. The molecule has 2 aromatic rings. The quantitative estimate of drug-likeness (QED) is 0.0639. The molecule has 2 rings (SSSR count). The van der Waals surface area contributed by atoms with Crippen LogP contribution in [0.25, 0.3) is 15.8 Å². The van der Waals surface area contributed by atoms with Crippen molar-refractivity contribution in [2.45, 2.75) is 150 Å². The van der Waals surface area contributed by atoms with Crippen molar-refractivity contribution in [2.75, 3.05) is 24.6 Å². The molecule has 1 aromatic heterocycles. The number of benzene rings is 1. The van der Waals surface area contributed by atoms with Crippen molar-refractivity contribution in [3.05, 3.63) is 57.4 Å². The fourth-order valence-corrected chi connectivity index (χ4v) is 6.37. The van der Waals surface area contributed by atoms with Crippen LogP contribution in [0.2, 0.25) is 0 Å². The molecule has 7 nitrogen and oxygen atoms in total. The second-order valence-corrected chi connectivity index (χ2v) is 14.4. The molecule has 0 saturated heterocycles. The van der Waals surface area contributed by atoms with Crippen molar-refractivity contribution < 1.29 is 4.74 Å². The van der Waals surface area contributed by atoms with Gasteiger partial charge >= 0.3 is 5.82 Å². The van der Waals surface area contributed by atoms with Crippen LogP contribution in [-0.2, 0) is 5.41 Å². The van der Waals surface area contributed by atoms with E-state index in [1.807, 2.05) is 6.07 Å². The van der Waals surface area contributed by atoms with Crippen LogP contribution >= 0.6 is 11.3 Å². The van der Waals surface area contributed by atoms with Crippen molar-refractivity contribution in [1.29, 1.82) is 0 Å². The third-order valence-electron chi connectivity index (χ3n) is 8.19. The monoisotopic (exact) mass is 660 g/mol. The van der Waals surface area contributed by atoms with Crippen molar-refractivity contribution in [2.24, 2.45) is 10.2 Å². The molecule has 0 unspecified atom stereocenters. The molecule has 0 atom stereocenters. The van der Waals surface area contributed by atoms with Gasteiger partial charge in [0.25, 0.3) is 0 Å². The smallest absolute Gasteiger partial charge is 0.491 e. The molecule has 0 aliphatic heterocycles. The van der Waals surface area contributed by atoms with Crippen LogP contribution < -0.4 is 9.64 Å². The highest BCUT2D eigenvalue weighted by atomic mass is 32.1. The molecule has 0 radical (unpaired) electrons. The Kier molecular flexibility index (Phi) is 19.7. The SMILES string of the molecule is [C-]#[N+]C(=Cc1nc(N=Nc2ccc(N(CCCCCCCC)CCCCCCCC)cc2OCCCCCC)sc1C(C)(C)C)[N+]#[C-]. The van der Waals surface area contributed by atoms with Gasteiger partial charge in [-0.2, -0.15) is 9.69 Å². The summed E-state index contributed by atoms with van der Waals surface area (Å²) in [5.74, 6) is 0.750. The Hall–Kier alpha value is -3.23. The normalized spacial score (nSPS) is 11.4. The first-order chi connectivity index (χ1) is 22.8. The molecule has 1 heterocycles. The Balaban J connectivity index is 2.35. The number of unbranched alkanes of at least 4 members (excludes halogenated alkanes) is 13. The molecule has 0 spiro atoms. The van der Waals surface area contributed by atoms with Gasteiger partial charge < -0.3 is 9.64 Å². The van der Waals surface area contributed by atoms with Crippen molar-refractivity contribution >= 4 is 33.9 Å². The molecule has 8 heteroatoms. The van der Waals surface area contributed by atoms with Gasteiger partial charge in [-0.05, 0) is 36.8 Å². The van der Waals surface area contributed by atoms with E-state index >= 15 is 0 Å². The number of aromatic nitrogens is 1. The zero-order valence-electron chi connectivity index (χ0n) is 30.2. The van der Waals surface area contributed by atoms with Gasteiger partial charge in [0.05, 0.1) is 18.4 Å². The number of ether oxygens (including phenoxy) is 1. The maximum absolute atomic E-state index is 7.30. The molecule has 0 aliphatic rings.